The fourth-order valence-electron chi connectivity index (χ4n) is 6.72. The molecular formula is C27H41FS. The number of benzene rings is 1. The monoisotopic (exact) mass is 416 g/mol. The van der Waals surface area contributed by atoms with Crippen LogP contribution in [0, 0.1) is 29.5 Å². The second-order valence-corrected chi connectivity index (χ2v) is 11.6. The topological polar surface area (TPSA) is 0 Å². The van der Waals surface area contributed by atoms with Gasteiger partial charge in [-0.15, -0.1) is 0 Å². The molecule has 3 aliphatic rings. The smallest absolute Gasteiger partial charge is 0.126 e. The lowest BCUT2D eigenvalue weighted by Crippen LogP contribution is -2.27. The van der Waals surface area contributed by atoms with Crippen LogP contribution >= 0.6 is 12.6 Å². The van der Waals surface area contributed by atoms with Crippen molar-refractivity contribution in [2.45, 2.75) is 108 Å². The van der Waals surface area contributed by atoms with Crippen molar-refractivity contribution in [3.8, 4) is 0 Å². The van der Waals surface area contributed by atoms with Gasteiger partial charge in [0.05, 0.1) is 0 Å². The molecule has 0 amide bonds. The third-order valence-electron chi connectivity index (χ3n) is 8.89. The molecule has 3 fully saturated rings. The largest absolute Gasteiger partial charge is 0.207 e. The first-order chi connectivity index (χ1) is 14.0. The van der Waals surface area contributed by atoms with Crippen molar-refractivity contribution in [2.75, 3.05) is 0 Å². The molecule has 2 heteroatoms. The van der Waals surface area contributed by atoms with Crippen molar-refractivity contribution in [1.29, 1.82) is 0 Å². The van der Waals surface area contributed by atoms with Gasteiger partial charge in [0.2, 0.25) is 0 Å². The molecule has 162 valence electrons. The van der Waals surface area contributed by atoms with Crippen molar-refractivity contribution in [3.05, 3.63) is 35.1 Å². The van der Waals surface area contributed by atoms with E-state index >= 15 is 0 Å². The van der Waals surface area contributed by atoms with E-state index in [1.807, 2.05) is 6.07 Å². The number of halogens is 1. The van der Waals surface area contributed by atoms with E-state index in [1.54, 1.807) is 0 Å². The predicted molar refractivity (Wildman–Crippen MR) is 125 cm³/mol. The Labute approximate surface area is 183 Å². The Morgan fingerprint density at radius 3 is 1.90 bits per heavy atom. The van der Waals surface area contributed by atoms with Crippen LogP contribution in [0.2, 0.25) is 0 Å². The van der Waals surface area contributed by atoms with E-state index in [-0.39, 0.29) is 5.82 Å². The molecule has 0 nitrogen and oxygen atoms in total. The van der Waals surface area contributed by atoms with Crippen LogP contribution in [0.5, 0.6) is 0 Å². The first-order valence-corrected chi connectivity index (χ1v) is 13.0. The van der Waals surface area contributed by atoms with E-state index in [4.69, 9.17) is 0 Å². The zero-order valence-corrected chi connectivity index (χ0v) is 19.5. The van der Waals surface area contributed by atoms with Crippen LogP contribution in [0.1, 0.15) is 114 Å². The van der Waals surface area contributed by atoms with Crippen molar-refractivity contribution in [1.82, 2.24) is 0 Å². The molecule has 1 aromatic rings. The summed E-state index contributed by atoms with van der Waals surface area (Å²) in [6.45, 7) is 4.59. The highest BCUT2D eigenvalue weighted by molar-refractivity contribution is 7.80. The normalized spacial score (nSPS) is 37.2. The van der Waals surface area contributed by atoms with Crippen molar-refractivity contribution < 1.29 is 4.39 Å². The van der Waals surface area contributed by atoms with E-state index in [1.165, 1.54) is 69.8 Å². The summed E-state index contributed by atoms with van der Waals surface area (Å²) in [4.78, 5) is 0. The average molecular weight is 417 g/mol. The summed E-state index contributed by atoms with van der Waals surface area (Å²) in [7, 11) is 0. The minimum absolute atomic E-state index is 0.0726. The summed E-state index contributed by atoms with van der Waals surface area (Å²) in [6, 6.07) is 6.30. The van der Waals surface area contributed by atoms with Gasteiger partial charge in [0.1, 0.15) is 5.82 Å². The first-order valence-electron chi connectivity index (χ1n) is 12.5. The molecule has 0 bridgehead atoms. The van der Waals surface area contributed by atoms with Gasteiger partial charge in [0.15, 0.2) is 0 Å². The zero-order valence-electron chi connectivity index (χ0n) is 18.6. The lowest BCUT2D eigenvalue weighted by atomic mass is 9.68. The third-order valence-corrected chi connectivity index (χ3v) is 9.31. The minimum Gasteiger partial charge on any atom is -0.207 e. The molecule has 0 heterocycles. The van der Waals surface area contributed by atoms with E-state index in [0.29, 0.717) is 17.1 Å². The van der Waals surface area contributed by atoms with Crippen LogP contribution < -0.4 is 0 Å². The molecule has 3 saturated carbocycles. The highest BCUT2D eigenvalue weighted by Crippen LogP contribution is 2.45. The highest BCUT2D eigenvalue weighted by Gasteiger charge is 2.32. The van der Waals surface area contributed by atoms with Crippen LogP contribution in [-0.2, 0) is 0 Å². The maximum Gasteiger partial charge on any atom is 0.126 e. The van der Waals surface area contributed by atoms with E-state index < -0.39 is 0 Å². The number of hydrogen-bond donors (Lipinski definition) is 1. The van der Waals surface area contributed by atoms with Gasteiger partial charge >= 0.3 is 0 Å². The molecule has 0 radical (unpaired) electrons. The molecule has 0 saturated heterocycles. The van der Waals surface area contributed by atoms with E-state index in [0.717, 1.165) is 42.1 Å². The van der Waals surface area contributed by atoms with Crippen LogP contribution in [0.15, 0.2) is 18.2 Å². The molecule has 0 N–H and O–H groups in total. The fraction of sp³-hybridized carbons (Fsp3) is 0.778. The molecule has 1 unspecified atom stereocenters. The molecule has 1 atom stereocenters. The molecular weight excluding hydrogens is 375 g/mol. The summed E-state index contributed by atoms with van der Waals surface area (Å²) >= 11 is 4.67. The van der Waals surface area contributed by atoms with E-state index in [9.17, 15) is 4.39 Å². The highest BCUT2D eigenvalue weighted by atomic mass is 32.1. The van der Waals surface area contributed by atoms with Crippen LogP contribution in [0.25, 0.3) is 0 Å². The standard InChI is InChI=1S/C27H41FS/c1-18-3-5-24(6-4-18)26-16-15-25(17-27(26)28)23-13-11-22(12-14-23)21-9-7-20(8-10-21)19(2)29/h15-24,29H,3-14H2,1-2H3. The average Bonchev–Trinajstić information content (AvgIpc) is 2.75. The Morgan fingerprint density at radius 1 is 0.793 bits per heavy atom. The molecule has 0 aromatic heterocycles. The van der Waals surface area contributed by atoms with Crippen LogP contribution in [0.4, 0.5) is 4.39 Å². The number of thiol groups is 1. The van der Waals surface area contributed by atoms with Gasteiger partial charge in [-0.05, 0) is 117 Å². The van der Waals surface area contributed by atoms with Crippen LogP contribution in [0.3, 0.4) is 0 Å². The van der Waals surface area contributed by atoms with Gasteiger partial charge in [-0.2, -0.15) is 12.6 Å². The lowest BCUT2D eigenvalue weighted by molar-refractivity contribution is 0.160. The van der Waals surface area contributed by atoms with Crippen molar-refractivity contribution >= 4 is 12.6 Å². The summed E-state index contributed by atoms with van der Waals surface area (Å²) in [6.07, 6.45) is 15.6. The van der Waals surface area contributed by atoms with Gasteiger partial charge in [0.25, 0.3) is 0 Å². The third kappa shape index (κ3) is 5.23. The molecule has 0 aliphatic heterocycles. The summed E-state index contributed by atoms with van der Waals surface area (Å²) in [5.74, 6) is 4.60. The summed E-state index contributed by atoms with van der Waals surface area (Å²) in [5.41, 5.74) is 2.26. The lowest BCUT2D eigenvalue weighted by Gasteiger charge is -2.38. The van der Waals surface area contributed by atoms with E-state index in [2.05, 4.69) is 38.6 Å². The Hall–Kier alpha value is -0.500. The summed E-state index contributed by atoms with van der Waals surface area (Å²) < 4.78 is 14.9. The SMILES string of the molecule is CC1CCC(c2ccc(C3CCC(C4CCC(C(C)S)CC4)CC3)cc2F)CC1. The van der Waals surface area contributed by atoms with Gasteiger partial charge < -0.3 is 0 Å². The Morgan fingerprint density at radius 2 is 1.34 bits per heavy atom. The van der Waals surface area contributed by atoms with Gasteiger partial charge in [-0.3, -0.25) is 0 Å². The second kappa shape index (κ2) is 9.75. The Balaban J connectivity index is 1.30. The first kappa shape index (κ1) is 21.7. The maximum atomic E-state index is 14.9. The quantitative estimate of drug-likeness (QED) is 0.467. The molecule has 0 spiro atoms. The molecule has 4 rings (SSSR count). The minimum atomic E-state index is 0.0726. The Kier molecular flexibility index (Phi) is 7.30. The summed E-state index contributed by atoms with van der Waals surface area (Å²) in [5, 5.41) is 0.557. The fourth-order valence-corrected chi connectivity index (χ4v) is 7.02. The predicted octanol–water partition coefficient (Wildman–Crippen LogP) is 8.52. The van der Waals surface area contributed by atoms with Gasteiger partial charge in [-0.1, -0.05) is 38.8 Å². The maximum absolute atomic E-state index is 14.9. The van der Waals surface area contributed by atoms with Gasteiger partial charge in [0, 0.05) is 5.25 Å². The van der Waals surface area contributed by atoms with Crippen molar-refractivity contribution in [3.63, 3.8) is 0 Å². The molecule has 3 aliphatic carbocycles. The van der Waals surface area contributed by atoms with Crippen LogP contribution in [-0.4, -0.2) is 5.25 Å². The Bertz CT molecular complexity index is 645. The van der Waals surface area contributed by atoms with Crippen molar-refractivity contribution in [2.24, 2.45) is 23.7 Å². The second-order valence-electron chi connectivity index (χ2n) is 10.8. The number of hydrogen-bond acceptors (Lipinski definition) is 1. The molecule has 1 aromatic carbocycles. The molecule has 29 heavy (non-hydrogen) atoms. The number of rotatable bonds is 4. The zero-order chi connectivity index (χ0) is 20.4. The van der Waals surface area contributed by atoms with Gasteiger partial charge in [-0.25, -0.2) is 4.39 Å².